The van der Waals surface area contributed by atoms with E-state index in [2.05, 4.69) is 5.32 Å². The Kier molecular flexibility index (Phi) is 5.72. The first kappa shape index (κ1) is 19.3. The van der Waals surface area contributed by atoms with Crippen molar-refractivity contribution in [2.24, 2.45) is 5.92 Å². The summed E-state index contributed by atoms with van der Waals surface area (Å²) in [4.78, 5) is 35.3. The lowest BCUT2D eigenvalue weighted by molar-refractivity contribution is -0.115. The molecule has 0 unspecified atom stereocenters. The maximum atomic E-state index is 12.2. The molecule has 0 atom stereocenters. The van der Waals surface area contributed by atoms with E-state index in [1.54, 1.807) is 30.3 Å². The van der Waals surface area contributed by atoms with Crippen molar-refractivity contribution in [2.45, 2.75) is 13.8 Å². The van der Waals surface area contributed by atoms with Crippen molar-refractivity contribution in [3.63, 3.8) is 0 Å². The van der Waals surface area contributed by atoms with Crippen molar-refractivity contribution in [1.82, 2.24) is 5.32 Å². The molecule has 0 spiro atoms. The van der Waals surface area contributed by atoms with Gasteiger partial charge in [0.05, 0.1) is 22.1 Å². The Morgan fingerprint density at radius 2 is 2.07 bits per heavy atom. The quantitative estimate of drug-likeness (QED) is 0.571. The molecule has 0 aliphatic carbocycles. The Morgan fingerprint density at radius 3 is 2.74 bits per heavy atom. The molecule has 1 aromatic carbocycles. The Labute approximate surface area is 164 Å². The highest BCUT2D eigenvalue weighted by Gasteiger charge is 2.25. The number of thioether (sulfide) groups is 1. The van der Waals surface area contributed by atoms with Gasteiger partial charge in [0.25, 0.3) is 11.1 Å². The molecule has 2 heterocycles. The van der Waals surface area contributed by atoms with Gasteiger partial charge in [0, 0.05) is 11.6 Å². The van der Waals surface area contributed by atoms with Crippen molar-refractivity contribution in [3.05, 3.63) is 51.6 Å². The van der Waals surface area contributed by atoms with E-state index in [9.17, 15) is 14.4 Å². The minimum atomic E-state index is -0.498. The van der Waals surface area contributed by atoms with E-state index in [4.69, 9.17) is 20.8 Å². The molecule has 2 amide bonds. The fourth-order valence-corrected chi connectivity index (χ4v) is 3.15. The summed E-state index contributed by atoms with van der Waals surface area (Å²) in [6.07, 6.45) is 1.49. The zero-order chi connectivity index (χ0) is 19.6. The van der Waals surface area contributed by atoms with Crippen molar-refractivity contribution >= 4 is 46.6 Å². The number of rotatable bonds is 5. The lowest BCUT2D eigenvalue weighted by Gasteiger charge is -2.09. The fraction of sp³-hybridized carbons (Fsp3) is 0.211. The first-order chi connectivity index (χ1) is 12.8. The van der Waals surface area contributed by atoms with Crippen LogP contribution in [0.5, 0.6) is 0 Å². The van der Waals surface area contributed by atoms with Crippen LogP contribution in [0.25, 0.3) is 17.4 Å². The molecule has 6 nitrogen and oxygen atoms in total. The van der Waals surface area contributed by atoms with E-state index in [0.717, 1.165) is 11.8 Å². The highest BCUT2D eigenvalue weighted by Crippen LogP contribution is 2.30. The summed E-state index contributed by atoms with van der Waals surface area (Å²) < 4.78 is 10.9. The summed E-state index contributed by atoms with van der Waals surface area (Å²) in [7, 11) is 0. The number of amides is 2. The number of hydrogen-bond donors (Lipinski definition) is 1. The Hall–Kier alpha value is -2.51. The number of carbonyl (C=O) groups excluding carboxylic acids is 3. The number of imide groups is 1. The molecule has 0 saturated carbocycles. The lowest BCUT2D eigenvalue weighted by Crippen LogP contribution is -2.17. The molecule has 1 aliphatic heterocycles. The summed E-state index contributed by atoms with van der Waals surface area (Å²) in [6, 6.07) is 8.30. The van der Waals surface area contributed by atoms with Gasteiger partial charge in [0.1, 0.15) is 11.5 Å². The summed E-state index contributed by atoms with van der Waals surface area (Å²) in [5.41, 5.74) is 0.891. The van der Waals surface area contributed by atoms with Gasteiger partial charge in [-0.05, 0) is 48.0 Å². The van der Waals surface area contributed by atoms with Crippen LogP contribution in [-0.2, 0) is 9.53 Å². The van der Waals surface area contributed by atoms with Gasteiger partial charge < -0.3 is 9.15 Å². The van der Waals surface area contributed by atoms with Gasteiger partial charge in [-0.15, -0.1) is 0 Å². The van der Waals surface area contributed by atoms with Gasteiger partial charge in [-0.3, -0.25) is 14.9 Å². The number of carbonyl (C=O) groups is 3. The van der Waals surface area contributed by atoms with Crippen LogP contribution < -0.4 is 5.32 Å². The summed E-state index contributed by atoms with van der Waals surface area (Å²) >= 11 is 6.93. The van der Waals surface area contributed by atoms with E-state index >= 15 is 0 Å². The second-order valence-electron chi connectivity index (χ2n) is 6.24. The highest BCUT2D eigenvalue weighted by molar-refractivity contribution is 8.18. The molecule has 140 valence electrons. The molecule has 27 heavy (non-hydrogen) atoms. The molecule has 3 rings (SSSR count). The zero-order valence-electron chi connectivity index (χ0n) is 14.6. The maximum Gasteiger partial charge on any atom is 0.339 e. The van der Waals surface area contributed by atoms with Crippen LogP contribution in [0.3, 0.4) is 0 Å². The van der Waals surface area contributed by atoms with Crippen LogP contribution in [0.2, 0.25) is 5.02 Å². The SMILES string of the molecule is CC(C)COC(=O)c1cc(-c2ccc(C=C3SC(=O)NC3=O)o2)ccc1Cl. The minimum Gasteiger partial charge on any atom is -0.462 e. The maximum absolute atomic E-state index is 12.2. The third kappa shape index (κ3) is 4.61. The normalized spacial score (nSPS) is 15.5. The second-order valence-corrected chi connectivity index (χ2v) is 7.66. The predicted octanol–water partition coefficient (Wildman–Crippen LogP) is 4.74. The van der Waals surface area contributed by atoms with Gasteiger partial charge in [0.15, 0.2) is 0 Å². The van der Waals surface area contributed by atoms with Crippen LogP contribution in [0.1, 0.15) is 30.0 Å². The average Bonchev–Trinajstić information content (AvgIpc) is 3.20. The molecule has 2 aromatic rings. The standard InChI is InChI=1S/C19H16ClNO5S/c1-10(2)9-25-18(23)13-7-11(3-5-14(13)20)15-6-4-12(26-15)8-16-17(22)21-19(24)27-16/h3-8,10H,9H2,1-2H3,(H,21,22,24). The van der Waals surface area contributed by atoms with E-state index in [1.165, 1.54) is 6.08 Å². The van der Waals surface area contributed by atoms with Crippen LogP contribution in [0, 0.1) is 5.92 Å². The summed E-state index contributed by atoms with van der Waals surface area (Å²) in [5.74, 6) is 0.170. The smallest absolute Gasteiger partial charge is 0.339 e. The lowest BCUT2D eigenvalue weighted by atomic mass is 10.1. The van der Waals surface area contributed by atoms with Crippen LogP contribution >= 0.6 is 23.4 Å². The first-order valence-electron chi connectivity index (χ1n) is 8.15. The van der Waals surface area contributed by atoms with Crippen molar-refractivity contribution in [2.75, 3.05) is 6.61 Å². The Balaban J connectivity index is 1.83. The second kappa shape index (κ2) is 8.02. The predicted molar refractivity (Wildman–Crippen MR) is 103 cm³/mol. The summed E-state index contributed by atoms with van der Waals surface area (Å²) in [5, 5.41) is 2.05. The minimum absolute atomic E-state index is 0.217. The Morgan fingerprint density at radius 1 is 1.30 bits per heavy atom. The van der Waals surface area contributed by atoms with Gasteiger partial charge in [0.2, 0.25) is 0 Å². The largest absolute Gasteiger partial charge is 0.462 e. The average molecular weight is 406 g/mol. The van der Waals surface area contributed by atoms with Crippen molar-refractivity contribution in [3.8, 4) is 11.3 Å². The van der Waals surface area contributed by atoms with Gasteiger partial charge in [-0.1, -0.05) is 25.4 Å². The zero-order valence-corrected chi connectivity index (χ0v) is 16.1. The number of benzene rings is 1. The molecule has 0 bridgehead atoms. The first-order valence-corrected chi connectivity index (χ1v) is 9.34. The fourth-order valence-electron chi connectivity index (χ4n) is 2.29. The molecular weight excluding hydrogens is 390 g/mol. The molecule has 1 N–H and O–H groups in total. The number of furan rings is 1. The highest BCUT2D eigenvalue weighted by atomic mass is 35.5. The molecule has 1 saturated heterocycles. The molecule has 8 heteroatoms. The monoisotopic (exact) mass is 405 g/mol. The van der Waals surface area contributed by atoms with Crippen LogP contribution in [0.4, 0.5) is 4.79 Å². The number of halogens is 1. The van der Waals surface area contributed by atoms with Gasteiger partial charge >= 0.3 is 5.97 Å². The molecule has 1 aliphatic rings. The number of hydrogen-bond acceptors (Lipinski definition) is 6. The number of ether oxygens (including phenoxy) is 1. The van der Waals surface area contributed by atoms with E-state index in [-0.39, 0.29) is 16.4 Å². The van der Waals surface area contributed by atoms with E-state index < -0.39 is 17.1 Å². The molecular formula is C19H16ClNO5S. The van der Waals surface area contributed by atoms with Crippen molar-refractivity contribution < 1.29 is 23.5 Å². The van der Waals surface area contributed by atoms with E-state index in [1.807, 2.05) is 13.8 Å². The molecule has 1 aromatic heterocycles. The third-order valence-corrected chi connectivity index (χ3v) is 4.70. The summed E-state index contributed by atoms with van der Waals surface area (Å²) in [6.45, 7) is 4.19. The van der Waals surface area contributed by atoms with Crippen LogP contribution in [-0.4, -0.2) is 23.7 Å². The third-order valence-electron chi connectivity index (χ3n) is 3.56. The van der Waals surface area contributed by atoms with Gasteiger partial charge in [-0.2, -0.15) is 0 Å². The van der Waals surface area contributed by atoms with E-state index in [0.29, 0.717) is 28.7 Å². The number of esters is 1. The topological polar surface area (TPSA) is 85.6 Å². The molecule has 1 fully saturated rings. The molecule has 0 radical (unpaired) electrons. The number of nitrogens with one attached hydrogen (secondary N) is 1. The van der Waals surface area contributed by atoms with Crippen LogP contribution in [0.15, 0.2) is 39.7 Å². The van der Waals surface area contributed by atoms with Crippen molar-refractivity contribution in [1.29, 1.82) is 0 Å². The van der Waals surface area contributed by atoms with Gasteiger partial charge in [-0.25, -0.2) is 4.79 Å². The Bertz CT molecular complexity index is 947.